The summed E-state index contributed by atoms with van der Waals surface area (Å²) in [5.41, 5.74) is 8.58. The van der Waals surface area contributed by atoms with Crippen LogP contribution in [0.25, 0.3) is 10.9 Å². The topological polar surface area (TPSA) is 58.1 Å². The van der Waals surface area contributed by atoms with E-state index >= 15 is 0 Å². The molecule has 0 saturated carbocycles. The minimum atomic E-state index is -0.159. The van der Waals surface area contributed by atoms with E-state index in [9.17, 15) is 4.79 Å². The van der Waals surface area contributed by atoms with Gasteiger partial charge in [-0.3, -0.25) is 15.6 Å². The van der Waals surface area contributed by atoms with Gasteiger partial charge in [0.2, 0.25) is 0 Å². The maximum Gasteiger partial charge on any atom is 0.258 e. The number of aryl methyl sites for hydroxylation is 1. The third-order valence-corrected chi connectivity index (χ3v) is 4.18. The number of para-hydroxylation sites is 1. The van der Waals surface area contributed by atoms with Crippen LogP contribution in [-0.4, -0.2) is 15.6 Å². The summed E-state index contributed by atoms with van der Waals surface area (Å²) >= 11 is 5.18. The average molecular weight is 352 g/mol. The van der Waals surface area contributed by atoms with Gasteiger partial charge in [0.15, 0.2) is 5.11 Å². The molecule has 25 heavy (non-hydrogen) atoms. The Kier molecular flexibility index (Phi) is 5.30. The van der Waals surface area contributed by atoms with Gasteiger partial charge < -0.3 is 9.88 Å². The second-order valence-electron chi connectivity index (χ2n) is 5.77. The molecule has 1 aromatic heterocycles. The molecule has 0 bridgehead atoms. The number of thiocarbonyl (C=S) groups is 1. The molecule has 5 nitrogen and oxygen atoms in total. The Bertz CT molecular complexity index is 889. The number of nitrogens with one attached hydrogen (secondary N) is 3. The van der Waals surface area contributed by atoms with Crippen LogP contribution in [-0.2, 0) is 17.9 Å². The highest BCUT2D eigenvalue weighted by Gasteiger charge is 2.09. The van der Waals surface area contributed by atoms with Crippen molar-refractivity contribution in [2.24, 2.45) is 0 Å². The van der Waals surface area contributed by atoms with Crippen molar-refractivity contribution in [1.29, 1.82) is 0 Å². The number of hydrogen-bond donors (Lipinski definition) is 3. The molecule has 0 spiro atoms. The summed E-state index contributed by atoms with van der Waals surface area (Å²) in [5.74, 6) is -0.159. The van der Waals surface area contributed by atoms with E-state index in [0.717, 1.165) is 22.2 Å². The van der Waals surface area contributed by atoms with Crippen LogP contribution in [0.15, 0.2) is 60.7 Å². The van der Waals surface area contributed by atoms with E-state index in [4.69, 9.17) is 12.2 Å². The lowest BCUT2D eigenvalue weighted by Gasteiger charge is -2.13. The van der Waals surface area contributed by atoms with Crippen molar-refractivity contribution < 1.29 is 4.79 Å². The highest BCUT2D eigenvalue weighted by Crippen LogP contribution is 2.18. The number of amides is 1. The first-order chi connectivity index (χ1) is 12.1. The predicted molar refractivity (Wildman–Crippen MR) is 104 cm³/mol. The quantitative estimate of drug-likeness (QED) is 0.499. The first-order valence-electron chi connectivity index (χ1n) is 8.05. The van der Waals surface area contributed by atoms with E-state index in [2.05, 4.69) is 22.2 Å². The van der Waals surface area contributed by atoms with Crippen molar-refractivity contribution in [1.82, 2.24) is 20.7 Å². The van der Waals surface area contributed by atoms with Crippen LogP contribution in [0.2, 0.25) is 0 Å². The number of nitrogens with zero attached hydrogens (tertiary/aromatic N) is 1. The molecule has 1 amide bonds. The fourth-order valence-electron chi connectivity index (χ4n) is 2.69. The van der Waals surface area contributed by atoms with Crippen molar-refractivity contribution in [3.05, 3.63) is 71.9 Å². The molecule has 3 aromatic rings. The summed E-state index contributed by atoms with van der Waals surface area (Å²) in [5, 5.41) is 4.56. The number of benzene rings is 2. The average Bonchev–Trinajstić information content (AvgIpc) is 2.94. The molecular weight excluding hydrogens is 332 g/mol. The minimum Gasteiger partial charge on any atom is -0.357 e. The molecule has 3 N–H and O–H groups in total. The van der Waals surface area contributed by atoms with Gasteiger partial charge in [-0.25, -0.2) is 0 Å². The van der Waals surface area contributed by atoms with E-state index in [1.54, 1.807) is 0 Å². The van der Waals surface area contributed by atoms with Gasteiger partial charge in [0, 0.05) is 17.8 Å². The van der Waals surface area contributed by atoms with Crippen molar-refractivity contribution >= 4 is 34.1 Å². The molecule has 2 aromatic carbocycles. The molecular formula is C19H20N4OS. The third-order valence-electron chi connectivity index (χ3n) is 3.93. The van der Waals surface area contributed by atoms with E-state index in [0.29, 0.717) is 11.7 Å². The van der Waals surface area contributed by atoms with E-state index in [-0.39, 0.29) is 12.5 Å². The molecule has 0 aliphatic carbocycles. The van der Waals surface area contributed by atoms with Crippen LogP contribution in [0, 0.1) is 6.92 Å². The second-order valence-corrected chi connectivity index (χ2v) is 6.18. The molecule has 0 fully saturated rings. The predicted octanol–water partition coefficient (Wildman–Crippen LogP) is 2.65. The third kappa shape index (κ3) is 4.36. The number of hydrazine groups is 1. The van der Waals surface area contributed by atoms with Crippen molar-refractivity contribution in [3.8, 4) is 0 Å². The van der Waals surface area contributed by atoms with Crippen LogP contribution >= 0.6 is 12.2 Å². The molecule has 1 heterocycles. The van der Waals surface area contributed by atoms with Crippen LogP contribution in [0.4, 0.5) is 0 Å². The zero-order valence-electron chi connectivity index (χ0n) is 14.0. The maximum absolute atomic E-state index is 12.2. The molecule has 128 valence electrons. The summed E-state index contributed by atoms with van der Waals surface area (Å²) < 4.78 is 1.98. The summed E-state index contributed by atoms with van der Waals surface area (Å²) in [7, 11) is 0. The molecule has 0 unspecified atom stereocenters. The van der Waals surface area contributed by atoms with Gasteiger partial charge in [-0.1, -0.05) is 48.5 Å². The Hall–Kier alpha value is -2.86. The Morgan fingerprint density at radius 2 is 1.76 bits per heavy atom. The summed E-state index contributed by atoms with van der Waals surface area (Å²) in [6.07, 6.45) is 0. The van der Waals surface area contributed by atoms with Crippen LogP contribution in [0.1, 0.15) is 11.3 Å². The van der Waals surface area contributed by atoms with Gasteiger partial charge in [-0.2, -0.15) is 0 Å². The zero-order chi connectivity index (χ0) is 17.6. The second kappa shape index (κ2) is 7.81. The lowest BCUT2D eigenvalue weighted by molar-refractivity contribution is -0.122. The van der Waals surface area contributed by atoms with Gasteiger partial charge >= 0.3 is 0 Å². The lowest BCUT2D eigenvalue weighted by atomic mass is 10.2. The van der Waals surface area contributed by atoms with E-state index in [1.807, 2.05) is 66.1 Å². The SMILES string of the molecule is Cc1cc2ccccc2n1CC(=O)NNC(=S)NCc1ccccc1. The van der Waals surface area contributed by atoms with Crippen molar-refractivity contribution in [2.75, 3.05) is 0 Å². The molecule has 6 heteroatoms. The van der Waals surface area contributed by atoms with Gasteiger partial charge in [0.05, 0.1) is 0 Å². The number of aromatic nitrogens is 1. The van der Waals surface area contributed by atoms with Crippen LogP contribution in [0.5, 0.6) is 0 Å². The molecule has 3 rings (SSSR count). The Morgan fingerprint density at radius 3 is 2.56 bits per heavy atom. The Balaban J connectivity index is 1.50. The highest BCUT2D eigenvalue weighted by molar-refractivity contribution is 7.80. The number of carbonyl (C=O) groups is 1. The monoisotopic (exact) mass is 352 g/mol. The standard InChI is InChI=1S/C19H20N4OS/c1-14-11-16-9-5-6-10-17(16)23(14)13-18(24)21-22-19(25)20-12-15-7-3-2-4-8-15/h2-11H,12-13H2,1H3,(H,21,24)(H2,20,22,25). The van der Waals surface area contributed by atoms with Crippen molar-refractivity contribution in [3.63, 3.8) is 0 Å². The summed E-state index contributed by atoms with van der Waals surface area (Å²) in [6, 6.07) is 20.0. The Labute approximate surface area is 152 Å². The maximum atomic E-state index is 12.2. The Morgan fingerprint density at radius 1 is 1.04 bits per heavy atom. The molecule has 0 aliphatic rings. The minimum absolute atomic E-state index is 0.159. The highest BCUT2D eigenvalue weighted by atomic mass is 32.1. The number of hydrogen-bond acceptors (Lipinski definition) is 2. The first-order valence-corrected chi connectivity index (χ1v) is 8.46. The molecule has 0 atom stereocenters. The molecule has 0 radical (unpaired) electrons. The summed E-state index contributed by atoms with van der Waals surface area (Å²) in [6.45, 7) is 2.82. The van der Waals surface area contributed by atoms with Gasteiger partial charge in [-0.15, -0.1) is 0 Å². The first kappa shape index (κ1) is 17.0. The van der Waals surface area contributed by atoms with Crippen molar-refractivity contribution in [2.45, 2.75) is 20.0 Å². The fourth-order valence-corrected chi connectivity index (χ4v) is 2.81. The fraction of sp³-hybridized carbons (Fsp3) is 0.158. The van der Waals surface area contributed by atoms with E-state index in [1.165, 1.54) is 0 Å². The van der Waals surface area contributed by atoms with Gasteiger partial charge in [-0.05, 0) is 42.2 Å². The van der Waals surface area contributed by atoms with Crippen LogP contribution < -0.4 is 16.2 Å². The normalized spacial score (nSPS) is 10.4. The number of carbonyl (C=O) groups excluding carboxylic acids is 1. The molecule has 0 saturated heterocycles. The van der Waals surface area contributed by atoms with Crippen LogP contribution in [0.3, 0.4) is 0 Å². The number of fused-ring (bicyclic) bond motifs is 1. The molecule has 0 aliphatic heterocycles. The number of rotatable bonds is 4. The zero-order valence-corrected chi connectivity index (χ0v) is 14.8. The van der Waals surface area contributed by atoms with Gasteiger partial charge in [0.25, 0.3) is 5.91 Å². The summed E-state index contributed by atoms with van der Waals surface area (Å²) in [4.78, 5) is 12.2. The lowest BCUT2D eigenvalue weighted by Crippen LogP contribution is -2.47. The largest absolute Gasteiger partial charge is 0.357 e. The van der Waals surface area contributed by atoms with Gasteiger partial charge in [0.1, 0.15) is 6.54 Å². The van der Waals surface area contributed by atoms with E-state index < -0.39 is 0 Å². The smallest absolute Gasteiger partial charge is 0.258 e.